The Morgan fingerprint density at radius 1 is 1.12 bits per heavy atom. The van der Waals surface area contributed by atoms with Crippen LogP contribution < -0.4 is 10.2 Å². The zero-order chi connectivity index (χ0) is 17.8. The Kier molecular flexibility index (Phi) is 5.43. The highest BCUT2D eigenvalue weighted by atomic mass is 35.5. The molecule has 3 rings (SSSR count). The van der Waals surface area contributed by atoms with Gasteiger partial charge in [-0.25, -0.2) is 4.39 Å². The van der Waals surface area contributed by atoms with Crippen molar-refractivity contribution >= 4 is 28.9 Å². The summed E-state index contributed by atoms with van der Waals surface area (Å²) in [6.45, 7) is 5.04. The molecule has 1 fully saturated rings. The van der Waals surface area contributed by atoms with Crippen molar-refractivity contribution in [2.75, 3.05) is 42.9 Å². The molecular formula is C19H21ClFN3O. The lowest BCUT2D eigenvalue weighted by atomic mass is 10.2. The molecule has 25 heavy (non-hydrogen) atoms. The number of nitrogens with one attached hydrogen (secondary N) is 1. The van der Waals surface area contributed by atoms with Crippen molar-refractivity contribution in [1.82, 2.24) is 4.90 Å². The number of rotatable bonds is 4. The van der Waals surface area contributed by atoms with Crippen molar-refractivity contribution < 1.29 is 9.18 Å². The largest absolute Gasteiger partial charge is 0.376 e. The molecule has 1 saturated heterocycles. The Labute approximate surface area is 152 Å². The molecule has 0 spiro atoms. The lowest BCUT2D eigenvalue weighted by Gasteiger charge is -2.36. The van der Waals surface area contributed by atoms with Gasteiger partial charge >= 0.3 is 0 Å². The van der Waals surface area contributed by atoms with Crippen molar-refractivity contribution in [1.29, 1.82) is 0 Å². The van der Waals surface area contributed by atoms with E-state index < -0.39 is 0 Å². The van der Waals surface area contributed by atoms with E-state index in [1.54, 1.807) is 12.1 Å². The molecule has 1 N–H and O–H groups in total. The van der Waals surface area contributed by atoms with Crippen LogP contribution in [0.15, 0.2) is 42.5 Å². The van der Waals surface area contributed by atoms with Crippen LogP contribution in [0.25, 0.3) is 0 Å². The van der Waals surface area contributed by atoms with Crippen molar-refractivity contribution in [3.63, 3.8) is 0 Å². The topological polar surface area (TPSA) is 35.6 Å². The fraction of sp³-hybridized carbons (Fsp3) is 0.316. The number of benzene rings is 2. The van der Waals surface area contributed by atoms with Gasteiger partial charge in [0.1, 0.15) is 5.82 Å². The molecule has 2 aromatic carbocycles. The Balaban J connectivity index is 1.50. The predicted octanol–water partition coefficient (Wildman–Crippen LogP) is 3.55. The molecule has 0 bridgehead atoms. The molecule has 6 heteroatoms. The summed E-state index contributed by atoms with van der Waals surface area (Å²) in [5.74, 6) is -0.158. The summed E-state index contributed by atoms with van der Waals surface area (Å²) in [5.41, 5.74) is 2.92. The average molecular weight is 362 g/mol. The summed E-state index contributed by atoms with van der Waals surface area (Å²) in [6.07, 6.45) is 0. The Morgan fingerprint density at radius 2 is 1.80 bits per heavy atom. The summed E-state index contributed by atoms with van der Waals surface area (Å²) >= 11 is 5.95. The molecule has 132 valence electrons. The van der Waals surface area contributed by atoms with Gasteiger partial charge in [0.25, 0.3) is 0 Å². The fourth-order valence-electron chi connectivity index (χ4n) is 2.97. The maximum Gasteiger partial charge on any atom is 0.241 e. The lowest BCUT2D eigenvalue weighted by molar-refractivity contribution is -0.129. The summed E-state index contributed by atoms with van der Waals surface area (Å²) in [4.78, 5) is 16.4. The van der Waals surface area contributed by atoms with E-state index in [1.807, 2.05) is 30.0 Å². The molecule has 1 amide bonds. The van der Waals surface area contributed by atoms with Gasteiger partial charge in [-0.15, -0.1) is 0 Å². The van der Waals surface area contributed by atoms with Crippen LogP contribution in [0, 0.1) is 12.7 Å². The normalized spacial score (nSPS) is 14.5. The standard InChI is InChI=1S/C19H21ClFN3O/c1-14-12-15(20)2-7-18(14)22-13-19(25)24-10-8-23(9-11-24)17-5-3-16(21)4-6-17/h2-7,12,22H,8-11,13H2,1H3. The van der Waals surface area contributed by atoms with Crippen molar-refractivity contribution in [3.05, 3.63) is 58.9 Å². The molecule has 1 aliphatic heterocycles. The number of hydrogen-bond donors (Lipinski definition) is 1. The first-order chi connectivity index (χ1) is 12.0. The van der Waals surface area contributed by atoms with Gasteiger partial charge in [0.2, 0.25) is 5.91 Å². The van der Waals surface area contributed by atoms with Crippen LogP contribution in [0.5, 0.6) is 0 Å². The van der Waals surface area contributed by atoms with E-state index in [0.717, 1.165) is 30.0 Å². The average Bonchev–Trinajstić information content (AvgIpc) is 2.61. The smallest absolute Gasteiger partial charge is 0.241 e. The predicted molar refractivity (Wildman–Crippen MR) is 99.9 cm³/mol. The van der Waals surface area contributed by atoms with E-state index in [9.17, 15) is 9.18 Å². The van der Waals surface area contributed by atoms with Gasteiger partial charge in [-0.05, 0) is 55.0 Å². The van der Waals surface area contributed by atoms with E-state index in [4.69, 9.17) is 11.6 Å². The zero-order valence-corrected chi connectivity index (χ0v) is 14.9. The van der Waals surface area contributed by atoms with Gasteiger partial charge in [0.15, 0.2) is 0 Å². The van der Waals surface area contributed by atoms with Gasteiger partial charge in [-0.2, -0.15) is 0 Å². The van der Waals surface area contributed by atoms with Crippen molar-refractivity contribution in [2.24, 2.45) is 0 Å². The molecule has 0 unspecified atom stereocenters. The monoisotopic (exact) mass is 361 g/mol. The second-order valence-corrected chi connectivity index (χ2v) is 6.59. The highest BCUT2D eigenvalue weighted by Gasteiger charge is 2.21. The number of hydrogen-bond acceptors (Lipinski definition) is 3. The molecule has 4 nitrogen and oxygen atoms in total. The Bertz CT molecular complexity index is 743. The van der Waals surface area contributed by atoms with E-state index >= 15 is 0 Å². The lowest BCUT2D eigenvalue weighted by Crippen LogP contribution is -2.50. The molecule has 2 aromatic rings. The Hall–Kier alpha value is -2.27. The van der Waals surface area contributed by atoms with E-state index in [-0.39, 0.29) is 18.3 Å². The molecule has 1 aliphatic rings. The SMILES string of the molecule is Cc1cc(Cl)ccc1NCC(=O)N1CCN(c2ccc(F)cc2)CC1. The van der Waals surface area contributed by atoms with Gasteiger partial charge in [-0.3, -0.25) is 4.79 Å². The number of nitrogens with zero attached hydrogens (tertiary/aromatic N) is 2. The molecule has 0 atom stereocenters. The van der Waals surface area contributed by atoms with E-state index in [0.29, 0.717) is 18.1 Å². The van der Waals surface area contributed by atoms with Crippen LogP contribution >= 0.6 is 11.6 Å². The number of piperazine rings is 1. The number of halogens is 2. The molecule has 0 radical (unpaired) electrons. The minimum Gasteiger partial charge on any atom is -0.376 e. The van der Waals surface area contributed by atoms with Crippen LogP contribution in [0.2, 0.25) is 5.02 Å². The molecule has 0 aromatic heterocycles. The maximum atomic E-state index is 13.0. The third-order valence-electron chi connectivity index (χ3n) is 4.44. The Morgan fingerprint density at radius 3 is 2.44 bits per heavy atom. The molecule has 0 saturated carbocycles. The van der Waals surface area contributed by atoms with Crippen LogP contribution in [-0.2, 0) is 4.79 Å². The molecular weight excluding hydrogens is 341 g/mol. The summed E-state index contributed by atoms with van der Waals surface area (Å²) < 4.78 is 13.0. The fourth-order valence-corrected chi connectivity index (χ4v) is 3.20. The van der Waals surface area contributed by atoms with Crippen LogP contribution in [0.3, 0.4) is 0 Å². The molecule has 0 aliphatic carbocycles. The van der Waals surface area contributed by atoms with Crippen LogP contribution in [0.1, 0.15) is 5.56 Å². The minimum atomic E-state index is -0.235. The summed E-state index contributed by atoms with van der Waals surface area (Å²) in [5, 5.41) is 3.87. The highest BCUT2D eigenvalue weighted by molar-refractivity contribution is 6.30. The van der Waals surface area contributed by atoms with Crippen LogP contribution in [-0.4, -0.2) is 43.5 Å². The number of amides is 1. The second kappa shape index (κ2) is 7.74. The zero-order valence-electron chi connectivity index (χ0n) is 14.1. The number of carbonyl (C=O) groups excluding carboxylic acids is 1. The summed E-state index contributed by atoms with van der Waals surface area (Å²) in [7, 11) is 0. The van der Waals surface area contributed by atoms with Crippen molar-refractivity contribution in [2.45, 2.75) is 6.92 Å². The highest BCUT2D eigenvalue weighted by Crippen LogP contribution is 2.20. The number of carbonyl (C=O) groups is 1. The van der Waals surface area contributed by atoms with Gasteiger partial charge in [0, 0.05) is 42.6 Å². The van der Waals surface area contributed by atoms with Crippen LogP contribution in [0.4, 0.5) is 15.8 Å². The minimum absolute atomic E-state index is 0.0770. The third-order valence-corrected chi connectivity index (χ3v) is 4.68. The number of anilines is 2. The number of aryl methyl sites for hydroxylation is 1. The second-order valence-electron chi connectivity index (χ2n) is 6.16. The first kappa shape index (κ1) is 17.5. The first-order valence-corrected chi connectivity index (χ1v) is 8.69. The van der Waals surface area contributed by atoms with Gasteiger partial charge < -0.3 is 15.1 Å². The molecule has 1 heterocycles. The maximum absolute atomic E-state index is 13.0. The van der Waals surface area contributed by atoms with Gasteiger partial charge in [0.05, 0.1) is 6.54 Å². The van der Waals surface area contributed by atoms with Gasteiger partial charge in [-0.1, -0.05) is 11.6 Å². The third kappa shape index (κ3) is 4.42. The quantitative estimate of drug-likeness (QED) is 0.904. The summed E-state index contributed by atoms with van der Waals surface area (Å²) in [6, 6.07) is 12.0. The van der Waals surface area contributed by atoms with Crippen molar-refractivity contribution in [3.8, 4) is 0 Å². The van der Waals surface area contributed by atoms with E-state index in [2.05, 4.69) is 10.2 Å². The first-order valence-electron chi connectivity index (χ1n) is 8.31. The van der Waals surface area contributed by atoms with E-state index in [1.165, 1.54) is 12.1 Å².